The number of hydrogen-bond donors (Lipinski definition) is 0. The van der Waals surface area contributed by atoms with Crippen LogP contribution in [-0.4, -0.2) is 26.8 Å². The lowest BCUT2D eigenvalue weighted by atomic mass is 9.85. The van der Waals surface area contributed by atoms with E-state index < -0.39 is 5.41 Å². The Morgan fingerprint density at radius 2 is 1.70 bits per heavy atom. The highest BCUT2D eigenvalue weighted by Gasteiger charge is 2.28. The summed E-state index contributed by atoms with van der Waals surface area (Å²) in [5, 5.41) is 0. The van der Waals surface area contributed by atoms with Crippen LogP contribution in [-0.2, 0) is 27.1 Å². The molecule has 1 aromatic carbocycles. The van der Waals surface area contributed by atoms with Crippen LogP contribution in [0.2, 0.25) is 0 Å². The van der Waals surface area contributed by atoms with E-state index in [9.17, 15) is 4.79 Å². The first-order chi connectivity index (χ1) is 9.41. The summed E-state index contributed by atoms with van der Waals surface area (Å²) in [6.45, 7) is 8.74. The lowest BCUT2D eigenvalue weighted by molar-refractivity contribution is -0.150. The van der Waals surface area contributed by atoms with Gasteiger partial charge in [-0.05, 0) is 44.7 Å². The van der Waals surface area contributed by atoms with E-state index in [1.54, 1.807) is 7.11 Å². The number of ether oxygens (including phenoxy) is 2. The number of methoxy groups -OCH3 is 2. The first kappa shape index (κ1) is 18.7. The van der Waals surface area contributed by atoms with E-state index in [1.165, 1.54) is 18.2 Å². The molecule has 0 fully saturated rings. The number of carbonyl (C=O) groups is 1. The Hall–Kier alpha value is -1.35. The smallest absolute Gasteiger partial charge is 0.311 e. The summed E-state index contributed by atoms with van der Waals surface area (Å²) in [7, 11) is 3.12. The van der Waals surface area contributed by atoms with Gasteiger partial charge in [0.2, 0.25) is 0 Å². The maximum absolute atomic E-state index is 11.6. The Labute approximate surface area is 123 Å². The van der Waals surface area contributed by atoms with Gasteiger partial charge in [-0.1, -0.05) is 31.2 Å². The molecule has 3 nitrogen and oxygen atoms in total. The van der Waals surface area contributed by atoms with Gasteiger partial charge in [-0.15, -0.1) is 0 Å². The molecule has 0 unspecified atom stereocenters. The van der Waals surface area contributed by atoms with E-state index in [1.807, 2.05) is 26.8 Å². The van der Waals surface area contributed by atoms with Crippen LogP contribution in [0.1, 0.15) is 38.8 Å². The summed E-state index contributed by atoms with van der Waals surface area (Å²) < 4.78 is 9.35. The Bertz CT molecular complexity index is 395. The molecular weight excluding hydrogens is 252 g/mol. The normalized spacial score (nSPS) is 10.5. The Morgan fingerprint density at radius 3 is 2.15 bits per heavy atom. The molecule has 20 heavy (non-hydrogen) atoms. The highest BCUT2D eigenvalue weighted by Crippen LogP contribution is 2.23. The largest absolute Gasteiger partial charge is 0.469 e. The minimum Gasteiger partial charge on any atom is -0.469 e. The fourth-order valence-electron chi connectivity index (χ4n) is 1.82. The van der Waals surface area contributed by atoms with Crippen molar-refractivity contribution in [1.82, 2.24) is 0 Å². The lowest BCUT2D eigenvalue weighted by Gasteiger charge is -2.21. The lowest BCUT2D eigenvalue weighted by Crippen LogP contribution is -2.28. The van der Waals surface area contributed by atoms with E-state index >= 15 is 0 Å². The van der Waals surface area contributed by atoms with Gasteiger partial charge in [0.1, 0.15) is 0 Å². The van der Waals surface area contributed by atoms with Crippen molar-refractivity contribution in [1.29, 1.82) is 0 Å². The maximum Gasteiger partial charge on any atom is 0.311 e. The second kappa shape index (κ2) is 9.54. The van der Waals surface area contributed by atoms with Crippen molar-refractivity contribution in [2.75, 3.05) is 20.8 Å². The first-order valence-corrected chi connectivity index (χ1v) is 7.06. The minimum absolute atomic E-state index is 0.158. The molecule has 0 atom stereocenters. The van der Waals surface area contributed by atoms with Crippen molar-refractivity contribution in [3.8, 4) is 0 Å². The number of esters is 1. The SMILES string of the molecule is CCOC.CCc1cccc(CC(C)(C)C(=O)OC)c1. The molecule has 0 heterocycles. The molecule has 3 heteroatoms. The van der Waals surface area contributed by atoms with Crippen molar-refractivity contribution in [2.45, 2.75) is 40.5 Å². The van der Waals surface area contributed by atoms with Crippen molar-refractivity contribution in [3.63, 3.8) is 0 Å². The number of benzene rings is 1. The summed E-state index contributed by atoms with van der Waals surface area (Å²) in [4.78, 5) is 11.6. The Balaban J connectivity index is 0.000000796. The van der Waals surface area contributed by atoms with Crippen LogP contribution in [0.4, 0.5) is 0 Å². The molecule has 0 saturated carbocycles. The summed E-state index contributed by atoms with van der Waals surface area (Å²) >= 11 is 0. The van der Waals surface area contributed by atoms with Gasteiger partial charge in [0.25, 0.3) is 0 Å². The van der Waals surface area contributed by atoms with Gasteiger partial charge in [-0.3, -0.25) is 4.79 Å². The topological polar surface area (TPSA) is 35.5 Å². The van der Waals surface area contributed by atoms with Crippen molar-refractivity contribution in [2.24, 2.45) is 5.41 Å². The third-order valence-electron chi connectivity index (χ3n) is 3.07. The molecule has 0 amide bonds. The monoisotopic (exact) mass is 280 g/mol. The highest BCUT2D eigenvalue weighted by molar-refractivity contribution is 5.76. The average Bonchev–Trinajstić information content (AvgIpc) is 2.46. The Morgan fingerprint density at radius 1 is 1.15 bits per heavy atom. The molecule has 1 aromatic rings. The molecule has 0 aliphatic heterocycles. The first-order valence-electron chi connectivity index (χ1n) is 7.06. The average molecular weight is 280 g/mol. The molecule has 0 aliphatic rings. The summed E-state index contributed by atoms with van der Waals surface area (Å²) in [6.07, 6.45) is 1.74. The van der Waals surface area contributed by atoms with Crippen LogP contribution in [0.15, 0.2) is 24.3 Å². The second-order valence-corrected chi connectivity index (χ2v) is 5.30. The number of carbonyl (C=O) groups excluding carboxylic acids is 1. The molecule has 0 spiro atoms. The van der Waals surface area contributed by atoms with Crippen LogP contribution in [0.25, 0.3) is 0 Å². The molecule has 0 radical (unpaired) electrons. The summed E-state index contributed by atoms with van der Waals surface area (Å²) in [5.74, 6) is -0.158. The fraction of sp³-hybridized carbons (Fsp3) is 0.588. The van der Waals surface area contributed by atoms with Crippen LogP contribution < -0.4 is 0 Å². The van der Waals surface area contributed by atoms with E-state index in [0.717, 1.165) is 13.0 Å². The molecule has 0 N–H and O–H groups in total. The zero-order chi connectivity index (χ0) is 15.6. The zero-order valence-electron chi connectivity index (χ0n) is 13.7. The second-order valence-electron chi connectivity index (χ2n) is 5.30. The fourth-order valence-corrected chi connectivity index (χ4v) is 1.82. The van der Waals surface area contributed by atoms with Crippen molar-refractivity contribution < 1.29 is 14.3 Å². The molecule has 0 aliphatic carbocycles. The Kier molecular flexibility index (Phi) is 8.89. The molecular formula is C17H28O3. The quantitative estimate of drug-likeness (QED) is 0.772. The molecule has 1 rings (SSSR count). The van der Waals surface area contributed by atoms with Gasteiger partial charge in [-0.2, -0.15) is 0 Å². The molecule has 0 saturated heterocycles. The van der Waals surface area contributed by atoms with Crippen LogP contribution >= 0.6 is 0 Å². The van der Waals surface area contributed by atoms with Gasteiger partial charge >= 0.3 is 5.97 Å². The zero-order valence-corrected chi connectivity index (χ0v) is 13.7. The van der Waals surface area contributed by atoms with Crippen LogP contribution in [0.3, 0.4) is 0 Å². The molecule has 0 aromatic heterocycles. The standard InChI is InChI=1S/C14H20O2.C3H8O/c1-5-11-7-6-8-12(9-11)10-14(2,3)13(15)16-4;1-3-4-2/h6-9H,5,10H2,1-4H3;3H2,1-2H3. The van der Waals surface area contributed by atoms with Gasteiger partial charge in [-0.25, -0.2) is 0 Å². The number of rotatable bonds is 5. The number of aryl methyl sites for hydroxylation is 1. The summed E-state index contributed by atoms with van der Waals surface area (Å²) in [5.41, 5.74) is 2.04. The predicted octanol–water partition coefficient (Wildman–Crippen LogP) is 3.64. The van der Waals surface area contributed by atoms with Crippen molar-refractivity contribution >= 4 is 5.97 Å². The van der Waals surface area contributed by atoms with E-state index in [0.29, 0.717) is 6.42 Å². The van der Waals surface area contributed by atoms with E-state index in [2.05, 4.69) is 29.9 Å². The third-order valence-corrected chi connectivity index (χ3v) is 3.07. The van der Waals surface area contributed by atoms with Gasteiger partial charge in [0.15, 0.2) is 0 Å². The van der Waals surface area contributed by atoms with Gasteiger partial charge in [0.05, 0.1) is 12.5 Å². The minimum atomic E-state index is -0.457. The highest BCUT2D eigenvalue weighted by atomic mass is 16.5. The van der Waals surface area contributed by atoms with Crippen LogP contribution in [0, 0.1) is 5.41 Å². The molecule has 114 valence electrons. The van der Waals surface area contributed by atoms with E-state index in [-0.39, 0.29) is 5.97 Å². The maximum atomic E-state index is 11.6. The van der Waals surface area contributed by atoms with E-state index in [4.69, 9.17) is 4.74 Å². The molecule has 0 bridgehead atoms. The van der Waals surface area contributed by atoms with Gasteiger partial charge < -0.3 is 9.47 Å². The van der Waals surface area contributed by atoms with Crippen molar-refractivity contribution in [3.05, 3.63) is 35.4 Å². The number of hydrogen-bond acceptors (Lipinski definition) is 3. The van der Waals surface area contributed by atoms with Crippen LogP contribution in [0.5, 0.6) is 0 Å². The summed E-state index contributed by atoms with van der Waals surface area (Å²) in [6, 6.07) is 8.37. The third kappa shape index (κ3) is 6.71. The predicted molar refractivity (Wildman–Crippen MR) is 82.9 cm³/mol. The van der Waals surface area contributed by atoms with Gasteiger partial charge in [0, 0.05) is 13.7 Å².